The largest absolute Gasteiger partial charge is 0.480 e. The van der Waals surface area contributed by atoms with Crippen LogP contribution in [0.3, 0.4) is 0 Å². The molecule has 32 heavy (non-hydrogen) atoms. The lowest BCUT2D eigenvalue weighted by Gasteiger charge is -2.27. The molecule has 0 saturated heterocycles. The fraction of sp³-hybridized carbons (Fsp3) is 0.273. The van der Waals surface area contributed by atoms with Crippen molar-refractivity contribution in [2.75, 3.05) is 12.8 Å². The first-order chi connectivity index (χ1) is 15.4. The van der Waals surface area contributed by atoms with E-state index in [-0.39, 0.29) is 12.5 Å². The Morgan fingerprint density at radius 1 is 1.22 bits per heavy atom. The van der Waals surface area contributed by atoms with Crippen LogP contribution in [-0.4, -0.2) is 47.9 Å². The Hall–Kier alpha value is -4.08. The SMILES string of the molecule is COc1ccc(CN(C(=O)c2ccc3nc(N)c(C)cc3c2)C(C)c2ncn(C)n2)nn1. The van der Waals surface area contributed by atoms with Crippen molar-refractivity contribution in [2.45, 2.75) is 26.4 Å². The molecule has 3 aromatic heterocycles. The minimum Gasteiger partial charge on any atom is -0.480 e. The normalized spacial score (nSPS) is 12.0. The molecular weight excluding hydrogens is 408 g/mol. The van der Waals surface area contributed by atoms with Gasteiger partial charge in [0, 0.05) is 24.1 Å². The number of anilines is 1. The molecule has 1 unspecified atom stereocenters. The van der Waals surface area contributed by atoms with Crippen molar-refractivity contribution in [3.8, 4) is 5.88 Å². The smallest absolute Gasteiger partial charge is 0.254 e. The molecule has 4 aromatic rings. The van der Waals surface area contributed by atoms with E-state index in [2.05, 4.69) is 25.3 Å². The Kier molecular flexibility index (Phi) is 5.67. The molecule has 3 heterocycles. The summed E-state index contributed by atoms with van der Waals surface area (Å²) in [5.41, 5.74) is 8.65. The molecule has 1 atom stereocenters. The van der Waals surface area contributed by atoms with E-state index in [0.717, 1.165) is 16.5 Å². The first-order valence-corrected chi connectivity index (χ1v) is 10.1. The molecule has 0 aliphatic carbocycles. The summed E-state index contributed by atoms with van der Waals surface area (Å²) in [6, 6.07) is 10.4. The average molecular weight is 432 g/mol. The molecule has 164 valence electrons. The van der Waals surface area contributed by atoms with Crippen molar-refractivity contribution in [3.05, 3.63) is 65.4 Å². The van der Waals surface area contributed by atoms with Crippen molar-refractivity contribution in [1.29, 1.82) is 0 Å². The number of benzene rings is 1. The summed E-state index contributed by atoms with van der Waals surface area (Å²) in [6.45, 7) is 4.00. The molecular formula is C22H24N8O2. The number of rotatable bonds is 6. The van der Waals surface area contributed by atoms with Gasteiger partial charge in [-0.15, -0.1) is 5.10 Å². The van der Waals surface area contributed by atoms with Gasteiger partial charge >= 0.3 is 0 Å². The van der Waals surface area contributed by atoms with Crippen LogP contribution in [0.25, 0.3) is 10.9 Å². The summed E-state index contributed by atoms with van der Waals surface area (Å²) in [5, 5.41) is 13.4. The molecule has 0 bridgehead atoms. The molecule has 0 radical (unpaired) electrons. The summed E-state index contributed by atoms with van der Waals surface area (Å²) >= 11 is 0. The molecule has 0 aliphatic heterocycles. The Morgan fingerprint density at radius 3 is 2.69 bits per heavy atom. The molecule has 0 fully saturated rings. The molecule has 1 amide bonds. The van der Waals surface area contributed by atoms with E-state index >= 15 is 0 Å². The Bertz CT molecular complexity index is 1270. The predicted octanol–water partition coefficient (Wildman–Crippen LogP) is 2.46. The average Bonchev–Trinajstić information content (AvgIpc) is 3.23. The molecule has 0 saturated carbocycles. The number of nitrogen functional groups attached to an aromatic ring is 1. The summed E-state index contributed by atoms with van der Waals surface area (Å²) in [5.74, 6) is 1.24. The van der Waals surface area contributed by atoms with Gasteiger partial charge in [-0.25, -0.2) is 9.97 Å². The van der Waals surface area contributed by atoms with Crippen LogP contribution in [0.2, 0.25) is 0 Å². The van der Waals surface area contributed by atoms with Crippen molar-refractivity contribution in [2.24, 2.45) is 7.05 Å². The van der Waals surface area contributed by atoms with E-state index in [1.807, 2.05) is 26.0 Å². The highest BCUT2D eigenvalue weighted by molar-refractivity contribution is 5.98. The van der Waals surface area contributed by atoms with Crippen molar-refractivity contribution < 1.29 is 9.53 Å². The number of nitrogens with zero attached hydrogens (tertiary/aromatic N) is 7. The number of fused-ring (bicyclic) bond motifs is 1. The fourth-order valence-electron chi connectivity index (χ4n) is 3.38. The van der Waals surface area contributed by atoms with Crippen LogP contribution < -0.4 is 10.5 Å². The lowest BCUT2D eigenvalue weighted by molar-refractivity contribution is 0.0663. The van der Waals surface area contributed by atoms with Gasteiger partial charge in [0.25, 0.3) is 5.91 Å². The minimum atomic E-state index is -0.394. The maximum Gasteiger partial charge on any atom is 0.254 e. The van der Waals surface area contributed by atoms with Crippen LogP contribution in [0.1, 0.15) is 40.4 Å². The second-order valence-electron chi connectivity index (χ2n) is 7.55. The molecule has 4 rings (SSSR count). The maximum absolute atomic E-state index is 13.6. The zero-order valence-corrected chi connectivity index (χ0v) is 18.4. The van der Waals surface area contributed by atoms with Crippen LogP contribution in [-0.2, 0) is 13.6 Å². The summed E-state index contributed by atoms with van der Waals surface area (Å²) in [4.78, 5) is 24.0. The number of hydrogen-bond donors (Lipinski definition) is 1. The van der Waals surface area contributed by atoms with Crippen LogP contribution in [0.5, 0.6) is 5.88 Å². The van der Waals surface area contributed by atoms with Crippen LogP contribution in [0.15, 0.2) is 42.7 Å². The lowest BCUT2D eigenvalue weighted by Crippen LogP contribution is -2.34. The number of aromatic nitrogens is 6. The van der Waals surface area contributed by atoms with Crippen LogP contribution in [0, 0.1) is 6.92 Å². The van der Waals surface area contributed by atoms with Gasteiger partial charge in [-0.3, -0.25) is 9.48 Å². The number of aryl methyl sites for hydroxylation is 2. The van der Waals surface area contributed by atoms with Crippen molar-refractivity contribution in [1.82, 2.24) is 34.8 Å². The van der Waals surface area contributed by atoms with Gasteiger partial charge in [-0.1, -0.05) is 0 Å². The minimum absolute atomic E-state index is 0.182. The maximum atomic E-state index is 13.6. The number of nitrogens with two attached hydrogens (primary N) is 1. The van der Waals surface area contributed by atoms with E-state index in [1.54, 1.807) is 47.2 Å². The van der Waals surface area contributed by atoms with Crippen LogP contribution in [0.4, 0.5) is 5.82 Å². The highest BCUT2D eigenvalue weighted by Crippen LogP contribution is 2.25. The lowest BCUT2D eigenvalue weighted by atomic mass is 10.1. The predicted molar refractivity (Wildman–Crippen MR) is 119 cm³/mol. The number of methoxy groups -OCH3 is 1. The quantitative estimate of drug-likeness (QED) is 0.493. The fourth-order valence-corrected chi connectivity index (χ4v) is 3.38. The molecule has 10 nitrogen and oxygen atoms in total. The zero-order valence-electron chi connectivity index (χ0n) is 18.4. The Morgan fingerprint density at radius 2 is 2.03 bits per heavy atom. The number of hydrogen-bond acceptors (Lipinski definition) is 8. The topological polar surface area (TPSA) is 125 Å². The van der Waals surface area contributed by atoms with Gasteiger partial charge in [-0.05, 0) is 49.7 Å². The highest BCUT2D eigenvalue weighted by Gasteiger charge is 2.26. The van der Waals surface area contributed by atoms with E-state index in [4.69, 9.17) is 10.5 Å². The number of amides is 1. The third-order valence-electron chi connectivity index (χ3n) is 5.25. The summed E-state index contributed by atoms with van der Waals surface area (Å²) in [6.07, 6.45) is 1.61. The van der Waals surface area contributed by atoms with Gasteiger partial charge in [0.15, 0.2) is 5.82 Å². The number of carbonyl (C=O) groups excluding carboxylic acids is 1. The van der Waals surface area contributed by atoms with Gasteiger partial charge in [0.2, 0.25) is 5.88 Å². The first kappa shape index (κ1) is 21.2. The van der Waals surface area contributed by atoms with E-state index < -0.39 is 6.04 Å². The van der Waals surface area contributed by atoms with Gasteiger partial charge in [0.05, 0.1) is 30.9 Å². The van der Waals surface area contributed by atoms with E-state index in [9.17, 15) is 4.79 Å². The monoisotopic (exact) mass is 432 g/mol. The Labute approximate surface area is 185 Å². The molecule has 10 heteroatoms. The number of pyridine rings is 1. The summed E-state index contributed by atoms with van der Waals surface area (Å²) in [7, 11) is 3.31. The second kappa shape index (κ2) is 8.58. The third-order valence-corrected chi connectivity index (χ3v) is 5.25. The third kappa shape index (κ3) is 4.20. The molecule has 0 aliphatic rings. The van der Waals surface area contributed by atoms with Gasteiger partial charge in [-0.2, -0.15) is 10.2 Å². The zero-order chi connectivity index (χ0) is 22.8. The number of ether oxygens (including phenoxy) is 1. The van der Waals surface area contributed by atoms with Crippen molar-refractivity contribution in [3.63, 3.8) is 0 Å². The van der Waals surface area contributed by atoms with Crippen LogP contribution >= 0.6 is 0 Å². The summed E-state index contributed by atoms with van der Waals surface area (Å²) < 4.78 is 6.69. The van der Waals surface area contributed by atoms with E-state index in [1.165, 1.54) is 7.11 Å². The molecule has 0 spiro atoms. The van der Waals surface area contributed by atoms with Crippen molar-refractivity contribution >= 4 is 22.6 Å². The van der Waals surface area contributed by atoms with E-state index in [0.29, 0.717) is 28.8 Å². The highest BCUT2D eigenvalue weighted by atomic mass is 16.5. The second-order valence-corrected chi connectivity index (χ2v) is 7.55. The first-order valence-electron chi connectivity index (χ1n) is 10.1. The number of carbonyl (C=O) groups is 1. The Balaban J connectivity index is 1.71. The molecule has 1 aromatic carbocycles. The standard InChI is InChI=1S/C22H24N8O2/c1-13-9-16-10-15(5-7-18(16)25-20(13)23)22(31)30(14(2)21-24-12-29(3)28-21)11-17-6-8-19(32-4)27-26-17/h5-10,12,14H,11H2,1-4H3,(H2,23,25). The molecule has 2 N–H and O–H groups in total. The van der Waals surface area contributed by atoms with Gasteiger partial charge in [0.1, 0.15) is 12.1 Å². The van der Waals surface area contributed by atoms with Gasteiger partial charge < -0.3 is 15.4 Å².